The third-order valence-corrected chi connectivity index (χ3v) is 6.85. The van der Waals surface area contributed by atoms with Gasteiger partial charge in [0, 0.05) is 36.3 Å². The summed E-state index contributed by atoms with van der Waals surface area (Å²) in [4.78, 5) is 27.8. The molecule has 0 saturated heterocycles. The zero-order valence-electron chi connectivity index (χ0n) is 20.6. The van der Waals surface area contributed by atoms with Crippen molar-refractivity contribution in [1.82, 2.24) is 14.0 Å². The number of carbonyl (C=O) groups is 2. The Balaban J connectivity index is 1.50. The summed E-state index contributed by atoms with van der Waals surface area (Å²) >= 11 is 0.957. The first-order valence-electron chi connectivity index (χ1n) is 11.5. The number of phenols is 1. The summed E-state index contributed by atoms with van der Waals surface area (Å²) in [5.41, 5.74) is 2.82. The first-order valence-corrected chi connectivity index (χ1v) is 12.2. The summed E-state index contributed by atoms with van der Waals surface area (Å²) in [5.74, 6) is -0.823. The fourth-order valence-electron chi connectivity index (χ4n) is 3.94. The standard InChI is InChI=1S/C27H27FN4O4S/c1-17-13-19-15-22(28)25(33)16-24(19)32(17)37-30-27(35)29-23(14-18-7-5-4-6-8-18)26(34)31(2)20-9-11-21(36-3)12-10-20/h4-13,15-16,23,33H,14H2,1-3H3,(H2,29,30,35)/t23-/m0/s1. The van der Waals surface area contributed by atoms with Gasteiger partial charge in [-0.1, -0.05) is 30.3 Å². The molecule has 4 rings (SSSR count). The highest BCUT2D eigenvalue weighted by atomic mass is 32.2. The number of aromatic hydroxyl groups is 1. The summed E-state index contributed by atoms with van der Waals surface area (Å²) < 4.78 is 23.3. The van der Waals surface area contributed by atoms with Gasteiger partial charge in [0.1, 0.15) is 11.8 Å². The van der Waals surface area contributed by atoms with Crippen molar-refractivity contribution >= 4 is 40.7 Å². The number of fused-ring (bicyclic) bond motifs is 1. The number of hydrogen-bond acceptors (Lipinski definition) is 5. The van der Waals surface area contributed by atoms with Crippen LogP contribution >= 0.6 is 12.1 Å². The Morgan fingerprint density at radius 2 is 1.81 bits per heavy atom. The normalized spacial score (nSPS) is 11.7. The van der Waals surface area contributed by atoms with Crippen molar-refractivity contribution in [3.8, 4) is 11.5 Å². The largest absolute Gasteiger partial charge is 0.505 e. The molecule has 0 aliphatic rings. The maximum absolute atomic E-state index is 13.7. The first kappa shape index (κ1) is 25.9. The van der Waals surface area contributed by atoms with Gasteiger partial charge in [-0.2, -0.15) is 0 Å². The van der Waals surface area contributed by atoms with Crippen LogP contribution in [0.4, 0.5) is 14.9 Å². The zero-order chi connectivity index (χ0) is 26.5. The average molecular weight is 523 g/mol. The highest BCUT2D eigenvalue weighted by Crippen LogP contribution is 2.29. The summed E-state index contributed by atoms with van der Waals surface area (Å²) in [6.45, 7) is 1.80. The van der Waals surface area contributed by atoms with Gasteiger partial charge in [-0.15, -0.1) is 0 Å². The minimum absolute atomic E-state index is 0.289. The van der Waals surface area contributed by atoms with Crippen LogP contribution < -0.4 is 19.7 Å². The zero-order valence-corrected chi connectivity index (χ0v) is 21.4. The monoisotopic (exact) mass is 522 g/mol. The second kappa shape index (κ2) is 11.3. The molecule has 0 aliphatic heterocycles. The van der Waals surface area contributed by atoms with Gasteiger partial charge in [0.15, 0.2) is 11.6 Å². The molecular formula is C27H27FN4O4S. The highest BCUT2D eigenvalue weighted by Gasteiger charge is 2.26. The number of hydrogen-bond donors (Lipinski definition) is 3. The third kappa shape index (κ3) is 5.97. The molecule has 10 heteroatoms. The second-order valence-electron chi connectivity index (χ2n) is 8.45. The molecule has 0 radical (unpaired) electrons. The Kier molecular flexibility index (Phi) is 7.88. The van der Waals surface area contributed by atoms with E-state index in [1.54, 1.807) is 55.4 Å². The number of amides is 3. The number of urea groups is 1. The topological polar surface area (TPSA) is 95.8 Å². The fourth-order valence-corrected chi connectivity index (χ4v) is 4.63. The summed E-state index contributed by atoms with van der Waals surface area (Å²) in [5, 5.41) is 13.1. The molecule has 1 atom stereocenters. The van der Waals surface area contributed by atoms with Crippen LogP contribution in [0, 0.1) is 12.7 Å². The molecule has 4 aromatic rings. The molecule has 37 heavy (non-hydrogen) atoms. The van der Waals surface area contributed by atoms with Crippen molar-refractivity contribution in [3.05, 3.63) is 89.9 Å². The quantitative estimate of drug-likeness (QED) is 0.289. The van der Waals surface area contributed by atoms with Crippen LogP contribution in [0.25, 0.3) is 10.9 Å². The Morgan fingerprint density at radius 3 is 2.49 bits per heavy atom. The van der Waals surface area contributed by atoms with E-state index < -0.39 is 23.6 Å². The molecule has 3 N–H and O–H groups in total. The van der Waals surface area contributed by atoms with E-state index in [1.807, 2.05) is 30.3 Å². The van der Waals surface area contributed by atoms with E-state index in [1.165, 1.54) is 17.0 Å². The van der Waals surface area contributed by atoms with Gasteiger partial charge in [-0.3, -0.25) is 13.5 Å². The molecule has 0 fully saturated rings. The van der Waals surface area contributed by atoms with Crippen molar-refractivity contribution in [1.29, 1.82) is 0 Å². The average Bonchev–Trinajstić information content (AvgIpc) is 3.20. The second-order valence-corrected chi connectivity index (χ2v) is 9.20. The number of aryl methyl sites for hydroxylation is 1. The number of anilines is 1. The lowest BCUT2D eigenvalue weighted by molar-refractivity contribution is -0.120. The van der Waals surface area contributed by atoms with E-state index in [0.717, 1.165) is 23.4 Å². The van der Waals surface area contributed by atoms with Crippen LogP contribution in [-0.4, -0.2) is 41.2 Å². The van der Waals surface area contributed by atoms with E-state index in [0.29, 0.717) is 22.3 Å². The molecule has 0 aliphatic carbocycles. The van der Waals surface area contributed by atoms with E-state index >= 15 is 0 Å². The van der Waals surface area contributed by atoms with E-state index in [2.05, 4.69) is 10.0 Å². The van der Waals surface area contributed by atoms with Crippen molar-refractivity contribution in [2.75, 3.05) is 19.1 Å². The number of halogens is 1. The number of ether oxygens (including phenoxy) is 1. The molecule has 0 saturated carbocycles. The number of aromatic nitrogens is 1. The van der Waals surface area contributed by atoms with Crippen molar-refractivity contribution in [2.24, 2.45) is 0 Å². The minimum Gasteiger partial charge on any atom is -0.505 e. The van der Waals surface area contributed by atoms with Crippen molar-refractivity contribution in [3.63, 3.8) is 0 Å². The maximum Gasteiger partial charge on any atom is 0.326 e. The number of nitrogens with zero attached hydrogens (tertiary/aromatic N) is 2. The molecule has 1 aromatic heterocycles. The lowest BCUT2D eigenvalue weighted by Gasteiger charge is -2.25. The van der Waals surface area contributed by atoms with Crippen molar-refractivity contribution < 1.29 is 23.8 Å². The van der Waals surface area contributed by atoms with Gasteiger partial charge in [0.25, 0.3) is 0 Å². The van der Waals surface area contributed by atoms with Gasteiger partial charge in [-0.05, 0) is 48.9 Å². The Labute approximate surface area is 218 Å². The van der Waals surface area contributed by atoms with Crippen LogP contribution in [0.15, 0.2) is 72.8 Å². The number of carbonyl (C=O) groups excluding carboxylic acids is 2. The Morgan fingerprint density at radius 1 is 1.11 bits per heavy atom. The van der Waals surface area contributed by atoms with Crippen molar-refractivity contribution in [2.45, 2.75) is 19.4 Å². The van der Waals surface area contributed by atoms with Gasteiger partial charge in [0.05, 0.1) is 24.8 Å². The molecule has 3 amide bonds. The Bertz CT molecular complexity index is 1410. The van der Waals surface area contributed by atoms with Crippen LogP contribution in [0.3, 0.4) is 0 Å². The lowest BCUT2D eigenvalue weighted by atomic mass is 10.0. The fraction of sp³-hybridized carbons (Fsp3) is 0.185. The molecular weight excluding hydrogens is 495 g/mol. The van der Waals surface area contributed by atoms with E-state index in [9.17, 15) is 19.1 Å². The van der Waals surface area contributed by atoms with Crippen LogP contribution in [0.2, 0.25) is 0 Å². The van der Waals surface area contributed by atoms with E-state index in [-0.39, 0.29) is 12.3 Å². The van der Waals surface area contributed by atoms with Gasteiger partial charge < -0.3 is 20.1 Å². The lowest BCUT2D eigenvalue weighted by Crippen LogP contribution is -2.50. The molecule has 0 bridgehead atoms. The number of phenolic OH excluding ortho intramolecular Hbond substituents is 1. The predicted molar refractivity (Wildman–Crippen MR) is 143 cm³/mol. The highest BCUT2D eigenvalue weighted by molar-refractivity contribution is 7.96. The molecule has 8 nitrogen and oxygen atoms in total. The number of benzene rings is 3. The maximum atomic E-state index is 13.7. The minimum atomic E-state index is -0.851. The van der Waals surface area contributed by atoms with Crippen LogP contribution in [0.1, 0.15) is 11.3 Å². The van der Waals surface area contributed by atoms with E-state index in [4.69, 9.17) is 4.74 Å². The molecule has 0 spiro atoms. The van der Waals surface area contributed by atoms with Gasteiger partial charge >= 0.3 is 6.03 Å². The summed E-state index contributed by atoms with van der Waals surface area (Å²) in [6, 6.07) is 19.3. The molecule has 3 aromatic carbocycles. The molecule has 0 unspecified atom stereocenters. The van der Waals surface area contributed by atoms with Gasteiger partial charge in [-0.25, -0.2) is 9.18 Å². The summed E-state index contributed by atoms with van der Waals surface area (Å²) in [7, 11) is 3.22. The first-order chi connectivity index (χ1) is 17.8. The molecule has 1 heterocycles. The summed E-state index contributed by atoms with van der Waals surface area (Å²) in [6.07, 6.45) is 0.289. The predicted octanol–water partition coefficient (Wildman–Crippen LogP) is 4.79. The third-order valence-electron chi connectivity index (χ3n) is 5.91. The Hall–Kier alpha value is -4.18. The SMILES string of the molecule is COc1ccc(N(C)C(=O)[C@H](Cc2ccccc2)NC(=O)NSn2c(C)cc3cc(F)c(O)cc32)cc1. The number of nitrogens with one attached hydrogen (secondary N) is 2. The van der Waals surface area contributed by atoms with Crippen LogP contribution in [-0.2, 0) is 11.2 Å². The van der Waals surface area contributed by atoms with Gasteiger partial charge in [0.2, 0.25) is 5.91 Å². The molecule has 192 valence electrons. The van der Waals surface area contributed by atoms with Crippen LogP contribution in [0.5, 0.6) is 11.5 Å². The smallest absolute Gasteiger partial charge is 0.326 e. The number of rotatable bonds is 8. The number of likely N-dealkylation sites (N-methyl/N-ethyl adjacent to an activating group) is 1. The number of methoxy groups -OCH3 is 1.